The Labute approximate surface area is 275 Å². The highest BCUT2D eigenvalue weighted by Gasteiger charge is 2.08. The second-order valence-electron chi connectivity index (χ2n) is 12.0. The normalized spacial score (nSPS) is 11.9. The fourth-order valence-corrected chi connectivity index (χ4v) is 6.06. The summed E-state index contributed by atoms with van der Waals surface area (Å²) in [4.78, 5) is 0. The van der Waals surface area contributed by atoms with Crippen molar-refractivity contribution in [2.24, 2.45) is 0 Å². The van der Waals surface area contributed by atoms with Gasteiger partial charge >= 0.3 is 0 Å². The highest BCUT2D eigenvalue weighted by molar-refractivity contribution is 5.93. The summed E-state index contributed by atoms with van der Waals surface area (Å²) in [7, 11) is 0. The van der Waals surface area contributed by atoms with Gasteiger partial charge in [0.25, 0.3) is 0 Å². The predicted molar refractivity (Wildman–Crippen MR) is 200 cm³/mol. The molecule has 0 radical (unpaired) electrons. The monoisotopic (exact) mass is 594 g/mol. The van der Waals surface area contributed by atoms with Crippen LogP contribution in [-0.4, -0.2) is 0 Å². The van der Waals surface area contributed by atoms with Crippen LogP contribution in [0.5, 0.6) is 0 Å². The summed E-state index contributed by atoms with van der Waals surface area (Å²) < 4.78 is 0. The smallest absolute Gasteiger partial charge is 0.0105 e. The molecule has 0 fully saturated rings. The van der Waals surface area contributed by atoms with Crippen molar-refractivity contribution >= 4 is 23.3 Å². The topological polar surface area (TPSA) is 0 Å². The van der Waals surface area contributed by atoms with Crippen molar-refractivity contribution in [1.82, 2.24) is 0 Å². The average molecular weight is 595 g/mol. The van der Waals surface area contributed by atoms with E-state index in [1.807, 2.05) is 0 Å². The molecule has 226 valence electrons. The lowest BCUT2D eigenvalue weighted by Crippen LogP contribution is -1.90. The van der Waals surface area contributed by atoms with Gasteiger partial charge in [-0.3, -0.25) is 0 Å². The first-order valence-electron chi connectivity index (χ1n) is 16.6. The van der Waals surface area contributed by atoms with Crippen molar-refractivity contribution in [1.29, 1.82) is 0 Å². The highest BCUT2D eigenvalue weighted by Crippen LogP contribution is 2.30. The van der Waals surface area contributed by atoms with E-state index in [0.29, 0.717) is 0 Å². The highest BCUT2D eigenvalue weighted by atomic mass is 14.1. The second-order valence-corrected chi connectivity index (χ2v) is 12.0. The quantitative estimate of drug-likeness (QED) is 0.131. The molecule has 0 aromatic heterocycles. The molecule has 0 nitrogen and oxygen atoms in total. The average Bonchev–Trinajstić information content (AvgIpc) is 3.12. The predicted octanol–water partition coefficient (Wildman–Crippen LogP) is 12.4. The third-order valence-corrected chi connectivity index (χ3v) is 8.55. The van der Waals surface area contributed by atoms with Crippen LogP contribution in [0.3, 0.4) is 0 Å². The first kappa shape index (κ1) is 30.8. The van der Waals surface area contributed by atoms with Crippen molar-refractivity contribution in [2.75, 3.05) is 0 Å². The molecule has 0 saturated heterocycles. The van der Waals surface area contributed by atoms with Crippen molar-refractivity contribution in [3.05, 3.63) is 202 Å². The number of hydrogen-bond acceptors (Lipinski definition) is 0. The number of aryl methyl sites for hydroxylation is 2. The van der Waals surface area contributed by atoms with Crippen molar-refractivity contribution in [2.45, 2.75) is 39.5 Å². The maximum absolute atomic E-state index is 2.31. The zero-order valence-corrected chi connectivity index (χ0v) is 27.0. The Morgan fingerprint density at radius 2 is 0.696 bits per heavy atom. The van der Waals surface area contributed by atoms with Crippen LogP contribution in [0.15, 0.2) is 158 Å². The molecule has 0 aliphatic carbocycles. The maximum Gasteiger partial charge on any atom is -0.0105 e. The van der Waals surface area contributed by atoms with Gasteiger partial charge in [-0.05, 0) is 91.8 Å². The zero-order chi connectivity index (χ0) is 31.6. The molecule has 0 aliphatic rings. The van der Waals surface area contributed by atoms with Gasteiger partial charge in [0.15, 0.2) is 0 Å². The van der Waals surface area contributed by atoms with Gasteiger partial charge in [0, 0.05) is 0 Å². The third kappa shape index (κ3) is 7.71. The molecule has 0 unspecified atom stereocenters. The Kier molecular flexibility index (Phi) is 10.2. The molecule has 0 heteroatoms. The van der Waals surface area contributed by atoms with Crippen molar-refractivity contribution in [3.8, 4) is 11.1 Å². The van der Waals surface area contributed by atoms with Crippen LogP contribution < -0.4 is 0 Å². The van der Waals surface area contributed by atoms with E-state index in [9.17, 15) is 0 Å². The van der Waals surface area contributed by atoms with E-state index in [-0.39, 0.29) is 0 Å². The SMILES string of the molecule is CCCc1ccc(/C(=C/c2ccc(-c3ccc(/C=C(\c4ccccc4)c4ccc(CCC)cc4)cc3)cc2)c2ccccc2)cc1. The van der Waals surface area contributed by atoms with E-state index in [2.05, 4.69) is 184 Å². The fourth-order valence-electron chi connectivity index (χ4n) is 6.06. The van der Waals surface area contributed by atoms with Crippen LogP contribution in [0.25, 0.3) is 34.4 Å². The summed E-state index contributed by atoms with van der Waals surface area (Å²) in [6.07, 6.45) is 9.17. The molecule has 6 rings (SSSR count). The number of hydrogen-bond donors (Lipinski definition) is 0. The molecule has 0 amide bonds. The van der Waals surface area contributed by atoms with Crippen LogP contribution >= 0.6 is 0 Å². The van der Waals surface area contributed by atoms with Gasteiger partial charge in [0.05, 0.1) is 0 Å². The first-order chi connectivity index (χ1) is 22.7. The molecule has 0 spiro atoms. The van der Waals surface area contributed by atoms with Crippen LogP contribution in [0.1, 0.15) is 71.2 Å². The summed E-state index contributed by atoms with van der Waals surface area (Å²) in [5.41, 5.74) is 15.0. The molecule has 0 bridgehead atoms. The first-order valence-corrected chi connectivity index (χ1v) is 16.6. The Morgan fingerprint density at radius 1 is 0.370 bits per heavy atom. The summed E-state index contributed by atoms with van der Waals surface area (Å²) in [6.45, 7) is 4.46. The van der Waals surface area contributed by atoms with Gasteiger partial charge in [-0.25, -0.2) is 0 Å². The van der Waals surface area contributed by atoms with Gasteiger partial charge in [-0.1, -0.05) is 184 Å². The summed E-state index contributed by atoms with van der Waals surface area (Å²) >= 11 is 0. The van der Waals surface area contributed by atoms with Gasteiger partial charge in [-0.15, -0.1) is 0 Å². The lowest BCUT2D eigenvalue weighted by atomic mass is 9.93. The molecule has 46 heavy (non-hydrogen) atoms. The second kappa shape index (κ2) is 15.2. The fraction of sp³-hybridized carbons (Fsp3) is 0.130. The summed E-state index contributed by atoms with van der Waals surface area (Å²) in [5.74, 6) is 0. The Morgan fingerprint density at radius 3 is 1.02 bits per heavy atom. The number of benzene rings is 6. The molecule has 0 aliphatic heterocycles. The van der Waals surface area contributed by atoms with Crippen LogP contribution in [0.4, 0.5) is 0 Å². The lowest BCUT2D eigenvalue weighted by molar-refractivity contribution is 0.922. The van der Waals surface area contributed by atoms with Gasteiger partial charge < -0.3 is 0 Å². The summed E-state index contributed by atoms with van der Waals surface area (Å²) in [6, 6.07) is 57.4. The van der Waals surface area contributed by atoms with Gasteiger partial charge in [0.1, 0.15) is 0 Å². The van der Waals surface area contributed by atoms with E-state index < -0.39 is 0 Å². The van der Waals surface area contributed by atoms with Crippen molar-refractivity contribution in [3.63, 3.8) is 0 Å². The number of rotatable bonds is 11. The molecule has 6 aromatic rings. The molecular weight excluding hydrogens is 553 g/mol. The van der Waals surface area contributed by atoms with Crippen LogP contribution in [-0.2, 0) is 12.8 Å². The van der Waals surface area contributed by atoms with E-state index >= 15 is 0 Å². The minimum Gasteiger partial charge on any atom is -0.0651 e. The van der Waals surface area contributed by atoms with E-state index in [1.165, 1.54) is 66.8 Å². The zero-order valence-electron chi connectivity index (χ0n) is 27.0. The standard InChI is InChI=1S/C46H42/c1-3-11-35-17-29-43(30-18-35)45(41-13-7-5-8-14-41)33-37-21-25-39(26-22-37)40-27-23-38(24-28-40)34-46(42-15-9-6-10-16-42)44-31-19-36(12-4-2)20-32-44/h5-10,13-34H,3-4,11-12H2,1-2H3/b45-33+,46-34+. The molecule has 0 atom stereocenters. The summed E-state index contributed by atoms with van der Waals surface area (Å²) in [5, 5.41) is 0. The minimum absolute atomic E-state index is 1.12. The largest absolute Gasteiger partial charge is 0.0651 e. The van der Waals surface area contributed by atoms with E-state index in [1.54, 1.807) is 0 Å². The molecule has 0 N–H and O–H groups in total. The molecule has 0 saturated carbocycles. The van der Waals surface area contributed by atoms with Crippen LogP contribution in [0.2, 0.25) is 0 Å². The molecule has 0 heterocycles. The Balaban J connectivity index is 1.26. The minimum atomic E-state index is 1.12. The van der Waals surface area contributed by atoms with Crippen LogP contribution in [0, 0.1) is 0 Å². The molecular formula is C46H42. The molecule has 6 aromatic carbocycles. The van der Waals surface area contributed by atoms with Gasteiger partial charge in [0.2, 0.25) is 0 Å². The maximum atomic E-state index is 2.31. The van der Waals surface area contributed by atoms with E-state index in [4.69, 9.17) is 0 Å². The van der Waals surface area contributed by atoms with Crippen molar-refractivity contribution < 1.29 is 0 Å². The Bertz CT molecular complexity index is 1730. The lowest BCUT2D eigenvalue weighted by Gasteiger charge is -2.11. The van der Waals surface area contributed by atoms with Gasteiger partial charge in [-0.2, -0.15) is 0 Å². The Hall–Kier alpha value is -5.20. The third-order valence-electron chi connectivity index (χ3n) is 8.55. The van der Waals surface area contributed by atoms with E-state index in [0.717, 1.165) is 25.7 Å².